The third-order valence-corrected chi connectivity index (χ3v) is 6.12. The van der Waals surface area contributed by atoms with Crippen LogP contribution >= 0.6 is 23.2 Å². The number of carbonyl (C=O) groups is 2. The smallest absolute Gasteiger partial charge is 0.311 e. The number of hydrogen-bond acceptors (Lipinski definition) is 4. The molecule has 0 aromatic heterocycles. The van der Waals surface area contributed by atoms with Crippen LogP contribution in [-0.2, 0) is 11.2 Å². The Labute approximate surface area is 205 Å². The standard InChI is InChI=1S/C25H20Cl2FNO5/c26-19-2-1-3-21(28)17(19)8-10-29-24(30)14-4-6-15(7-5-14)34-23-13-22-18(12-20(23)27)16(25(31)32)9-11-33-22/h1-7,12-13,16H,8-11H2,(H,29,30)(H,31,32). The van der Waals surface area contributed by atoms with E-state index in [9.17, 15) is 19.1 Å². The van der Waals surface area contributed by atoms with E-state index < -0.39 is 17.7 Å². The minimum atomic E-state index is -0.930. The molecule has 6 nitrogen and oxygen atoms in total. The lowest BCUT2D eigenvalue weighted by molar-refractivity contribution is -0.139. The molecule has 0 aliphatic carbocycles. The Hall–Kier alpha value is -3.29. The first kappa shape index (κ1) is 23.9. The van der Waals surface area contributed by atoms with E-state index in [1.54, 1.807) is 42.5 Å². The van der Waals surface area contributed by atoms with Crippen LogP contribution in [0.5, 0.6) is 17.2 Å². The number of ether oxygens (including phenoxy) is 2. The number of aliphatic carboxylic acids is 1. The van der Waals surface area contributed by atoms with Gasteiger partial charge in [0.05, 0.1) is 17.5 Å². The Morgan fingerprint density at radius 2 is 1.88 bits per heavy atom. The van der Waals surface area contributed by atoms with Crippen LogP contribution in [0.4, 0.5) is 4.39 Å². The fourth-order valence-electron chi connectivity index (χ4n) is 3.70. The molecule has 4 rings (SSSR count). The fraction of sp³-hybridized carbons (Fsp3) is 0.200. The number of benzene rings is 3. The number of carbonyl (C=O) groups excluding carboxylic acids is 1. The Balaban J connectivity index is 1.39. The van der Waals surface area contributed by atoms with Crippen molar-refractivity contribution in [2.75, 3.05) is 13.2 Å². The normalized spacial score (nSPS) is 14.6. The second kappa shape index (κ2) is 10.3. The van der Waals surface area contributed by atoms with Gasteiger partial charge in [0, 0.05) is 34.3 Å². The van der Waals surface area contributed by atoms with Crippen molar-refractivity contribution in [1.82, 2.24) is 5.32 Å². The van der Waals surface area contributed by atoms with Gasteiger partial charge >= 0.3 is 5.97 Å². The van der Waals surface area contributed by atoms with Crippen molar-refractivity contribution in [3.8, 4) is 17.2 Å². The molecule has 9 heteroatoms. The number of halogens is 3. The van der Waals surface area contributed by atoms with E-state index in [2.05, 4.69) is 5.32 Å². The van der Waals surface area contributed by atoms with Gasteiger partial charge in [-0.3, -0.25) is 9.59 Å². The van der Waals surface area contributed by atoms with Gasteiger partial charge in [-0.1, -0.05) is 29.3 Å². The van der Waals surface area contributed by atoms with Crippen molar-refractivity contribution in [2.45, 2.75) is 18.8 Å². The summed E-state index contributed by atoms with van der Waals surface area (Å²) in [7, 11) is 0. The summed E-state index contributed by atoms with van der Waals surface area (Å²) in [5.74, 6) is -1.17. The second-order valence-corrected chi connectivity index (χ2v) is 8.50. The van der Waals surface area contributed by atoms with Gasteiger partial charge in [-0.05, 0) is 55.3 Å². The van der Waals surface area contributed by atoms with Gasteiger partial charge in [-0.2, -0.15) is 0 Å². The minimum Gasteiger partial charge on any atom is -0.493 e. The molecular formula is C25H20Cl2FNO5. The van der Waals surface area contributed by atoms with Crippen LogP contribution < -0.4 is 14.8 Å². The fourth-order valence-corrected chi connectivity index (χ4v) is 4.17. The summed E-state index contributed by atoms with van der Waals surface area (Å²) in [5, 5.41) is 12.7. The lowest BCUT2D eigenvalue weighted by Gasteiger charge is -2.24. The number of carboxylic acids is 1. The lowest BCUT2D eigenvalue weighted by Crippen LogP contribution is -2.25. The van der Waals surface area contributed by atoms with Crippen molar-refractivity contribution < 1.29 is 28.6 Å². The third kappa shape index (κ3) is 5.26. The van der Waals surface area contributed by atoms with Gasteiger partial charge in [0.15, 0.2) is 0 Å². The van der Waals surface area contributed by atoms with Gasteiger partial charge in [0.25, 0.3) is 5.91 Å². The molecule has 1 heterocycles. The van der Waals surface area contributed by atoms with E-state index in [1.807, 2.05) is 0 Å². The lowest BCUT2D eigenvalue weighted by atomic mass is 9.93. The highest BCUT2D eigenvalue weighted by Gasteiger charge is 2.29. The van der Waals surface area contributed by atoms with Crippen LogP contribution in [0.1, 0.15) is 33.8 Å². The van der Waals surface area contributed by atoms with Crippen LogP contribution in [0.2, 0.25) is 10.0 Å². The molecule has 3 aromatic carbocycles. The van der Waals surface area contributed by atoms with E-state index in [0.29, 0.717) is 45.4 Å². The van der Waals surface area contributed by atoms with Gasteiger partial charge in [-0.15, -0.1) is 0 Å². The summed E-state index contributed by atoms with van der Waals surface area (Å²) < 4.78 is 25.3. The Morgan fingerprint density at radius 3 is 2.59 bits per heavy atom. The molecule has 176 valence electrons. The average Bonchev–Trinajstić information content (AvgIpc) is 2.81. The highest BCUT2D eigenvalue weighted by molar-refractivity contribution is 6.32. The largest absolute Gasteiger partial charge is 0.493 e. The number of amides is 1. The number of carboxylic acid groups (broad SMARTS) is 1. The zero-order chi connectivity index (χ0) is 24.2. The van der Waals surface area contributed by atoms with Gasteiger partial charge < -0.3 is 19.9 Å². The van der Waals surface area contributed by atoms with E-state index in [1.165, 1.54) is 12.1 Å². The van der Waals surface area contributed by atoms with Crippen molar-refractivity contribution in [3.63, 3.8) is 0 Å². The molecular weight excluding hydrogens is 484 g/mol. The van der Waals surface area contributed by atoms with E-state index in [4.69, 9.17) is 32.7 Å². The highest BCUT2D eigenvalue weighted by Crippen LogP contribution is 2.41. The van der Waals surface area contributed by atoms with E-state index >= 15 is 0 Å². The van der Waals surface area contributed by atoms with Crippen LogP contribution in [0.25, 0.3) is 0 Å². The Kier molecular flexibility index (Phi) is 7.24. The first-order valence-corrected chi connectivity index (χ1v) is 11.3. The predicted molar refractivity (Wildman–Crippen MR) is 126 cm³/mol. The SMILES string of the molecule is O=C(NCCc1c(F)cccc1Cl)c1ccc(Oc2cc3c(cc2Cl)C(C(=O)O)CCO3)cc1. The van der Waals surface area contributed by atoms with Crippen LogP contribution in [0.15, 0.2) is 54.6 Å². The molecule has 1 aliphatic rings. The van der Waals surface area contributed by atoms with Crippen molar-refractivity contribution in [3.05, 3.63) is 87.2 Å². The topological polar surface area (TPSA) is 84.9 Å². The first-order valence-electron chi connectivity index (χ1n) is 10.5. The quantitative estimate of drug-likeness (QED) is 0.422. The van der Waals surface area contributed by atoms with E-state index in [-0.39, 0.29) is 30.5 Å². The molecule has 0 fully saturated rings. The summed E-state index contributed by atoms with van der Waals surface area (Å²) in [6.07, 6.45) is 0.635. The number of nitrogens with one attached hydrogen (secondary N) is 1. The highest BCUT2D eigenvalue weighted by atomic mass is 35.5. The molecule has 0 spiro atoms. The minimum absolute atomic E-state index is 0.222. The first-order chi connectivity index (χ1) is 16.3. The molecule has 1 unspecified atom stereocenters. The van der Waals surface area contributed by atoms with Gasteiger partial charge in [-0.25, -0.2) is 4.39 Å². The van der Waals surface area contributed by atoms with Gasteiger partial charge in [0.1, 0.15) is 23.1 Å². The molecule has 1 amide bonds. The zero-order valence-corrected chi connectivity index (χ0v) is 19.3. The van der Waals surface area contributed by atoms with E-state index in [0.717, 1.165) is 0 Å². The third-order valence-electron chi connectivity index (χ3n) is 5.47. The molecule has 0 radical (unpaired) electrons. The summed E-state index contributed by atoms with van der Waals surface area (Å²) in [6, 6.07) is 14.0. The van der Waals surface area contributed by atoms with Crippen LogP contribution in [0, 0.1) is 5.82 Å². The Morgan fingerprint density at radius 1 is 1.12 bits per heavy atom. The molecule has 0 saturated heterocycles. The summed E-state index contributed by atoms with van der Waals surface area (Å²) in [4.78, 5) is 23.9. The van der Waals surface area contributed by atoms with Crippen LogP contribution in [-0.4, -0.2) is 30.1 Å². The van der Waals surface area contributed by atoms with Crippen molar-refractivity contribution in [1.29, 1.82) is 0 Å². The number of rotatable bonds is 7. The average molecular weight is 504 g/mol. The maximum atomic E-state index is 13.8. The number of hydrogen-bond donors (Lipinski definition) is 2. The van der Waals surface area contributed by atoms with Crippen molar-refractivity contribution in [2.24, 2.45) is 0 Å². The molecule has 2 N–H and O–H groups in total. The Bertz CT molecular complexity index is 1210. The molecule has 0 saturated carbocycles. The maximum Gasteiger partial charge on any atom is 0.311 e. The molecule has 34 heavy (non-hydrogen) atoms. The molecule has 1 aliphatic heterocycles. The second-order valence-electron chi connectivity index (χ2n) is 7.68. The van der Waals surface area contributed by atoms with Gasteiger partial charge in [0.2, 0.25) is 0 Å². The van der Waals surface area contributed by atoms with Crippen LogP contribution in [0.3, 0.4) is 0 Å². The maximum absolute atomic E-state index is 13.8. The number of fused-ring (bicyclic) bond motifs is 1. The predicted octanol–water partition coefficient (Wildman–Crippen LogP) is 5.85. The molecule has 1 atom stereocenters. The zero-order valence-electron chi connectivity index (χ0n) is 17.8. The monoisotopic (exact) mass is 503 g/mol. The summed E-state index contributed by atoms with van der Waals surface area (Å²) in [5.41, 5.74) is 1.27. The summed E-state index contributed by atoms with van der Waals surface area (Å²) in [6.45, 7) is 0.512. The molecule has 3 aromatic rings. The molecule has 0 bridgehead atoms. The van der Waals surface area contributed by atoms with Crippen molar-refractivity contribution >= 4 is 35.1 Å². The summed E-state index contributed by atoms with van der Waals surface area (Å²) >= 11 is 12.3.